The maximum absolute atomic E-state index is 12.5. The van der Waals surface area contributed by atoms with Gasteiger partial charge in [0.2, 0.25) is 0 Å². The molecule has 1 aliphatic heterocycles. The number of unbranched alkanes of at least 4 members (excludes halogenated alkanes) is 1. The lowest BCUT2D eigenvalue weighted by Gasteiger charge is -2.21. The summed E-state index contributed by atoms with van der Waals surface area (Å²) < 4.78 is 6.90. The van der Waals surface area contributed by atoms with Crippen molar-refractivity contribution in [1.29, 1.82) is 0 Å². The molecule has 0 radical (unpaired) electrons. The van der Waals surface area contributed by atoms with Crippen molar-refractivity contribution in [3.63, 3.8) is 0 Å². The fourth-order valence-corrected chi connectivity index (χ4v) is 5.29. The summed E-state index contributed by atoms with van der Waals surface area (Å²) in [5.41, 5.74) is 5.25. The molecule has 1 aliphatic carbocycles. The van der Waals surface area contributed by atoms with E-state index >= 15 is 0 Å². The van der Waals surface area contributed by atoms with Gasteiger partial charge >= 0.3 is 5.69 Å². The average molecular weight is 419 g/mol. The maximum atomic E-state index is 12.5. The zero-order valence-electron chi connectivity index (χ0n) is 18.6. The summed E-state index contributed by atoms with van der Waals surface area (Å²) in [6, 6.07) is 11.0. The molecule has 2 atom stereocenters. The van der Waals surface area contributed by atoms with Crippen LogP contribution in [-0.4, -0.2) is 39.2 Å². The van der Waals surface area contributed by atoms with E-state index in [1.54, 1.807) is 4.57 Å². The van der Waals surface area contributed by atoms with Crippen LogP contribution in [-0.2, 0) is 12.0 Å². The highest BCUT2D eigenvalue weighted by Crippen LogP contribution is 2.58. The van der Waals surface area contributed by atoms with E-state index < -0.39 is 0 Å². The van der Waals surface area contributed by atoms with Crippen molar-refractivity contribution >= 4 is 0 Å². The van der Waals surface area contributed by atoms with Crippen molar-refractivity contribution in [2.24, 2.45) is 5.92 Å². The number of likely N-dealkylation sites (tertiary alicyclic amines) is 1. The van der Waals surface area contributed by atoms with Crippen molar-refractivity contribution in [3.8, 4) is 11.3 Å². The summed E-state index contributed by atoms with van der Waals surface area (Å²) in [6.45, 7) is 10.0. The van der Waals surface area contributed by atoms with E-state index in [2.05, 4.69) is 46.2 Å². The number of fused-ring (bicyclic) bond motifs is 1. The zero-order valence-corrected chi connectivity index (χ0v) is 18.6. The summed E-state index contributed by atoms with van der Waals surface area (Å²) in [4.78, 5) is 19.3. The Morgan fingerprint density at radius 2 is 1.87 bits per heavy atom. The van der Waals surface area contributed by atoms with Crippen LogP contribution < -0.4 is 5.69 Å². The highest BCUT2D eigenvalue weighted by Gasteiger charge is 2.60. The van der Waals surface area contributed by atoms with Gasteiger partial charge in [-0.25, -0.2) is 4.79 Å². The van der Waals surface area contributed by atoms with E-state index in [1.807, 2.05) is 26.1 Å². The molecule has 5 rings (SSSR count). The number of piperidine rings is 1. The normalized spacial score (nSPS) is 22.6. The number of benzene rings is 1. The van der Waals surface area contributed by atoms with Crippen molar-refractivity contribution < 1.29 is 4.52 Å². The minimum atomic E-state index is -0.210. The molecule has 2 fully saturated rings. The lowest BCUT2D eigenvalue weighted by atomic mass is 9.94. The minimum Gasteiger partial charge on any atom is -0.361 e. The van der Waals surface area contributed by atoms with Gasteiger partial charge in [0.25, 0.3) is 0 Å². The summed E-state index contributed by atoms with van der Waals surface area (Å²) >= 11 is 0. The third kappa shape index (κ3) is 3.74. The number of aryl methyl sites for hydroxylation is 4. The number of hydrogen-bond acceptors (Lipinski definition) is 5. The summed E-state index contributed by atoms with van der Waals surface area (Å²) in [5, 5.41) is 3.95. The van der Waals surface area contributed by atoms with Gasteiger partial charge in [-0.3, -0.25) is 4.57 Å². The van der Waals surface area contributed by atoms with Gasteiger partial charge in [-0.2, -0.15) is 4.98 Å². The second-order valence-corrected chi connectivity index (χ2v) is 9.35. The topological polar surface area (TPSA) is 64.2 Å². The first-order valence-corrected chi connectivity index (χ1v) is 11.3. The predicted octanol–water partition coefficient (Wildman–Crippen LogP) is 3.88. The molecule has 0 bridgehead atoms. The molecule has 0 spiro atoms. The Kier molecular flexibility index (Phi) is 5.05. The Bertz CT molecular complexity index is 1130. The first kappa shape index (κ1) is 20.2. The summed E-state index contributed by atoms with van der Waals surface area (Å²) in [6.07, 6.45) is 5.25. The van der Waals surface area contributed by atoms with Gasteiger partial charge in [0.15, 0.2) is 0 Å². The third-order valence-electron chi connectivity index (χ3n) is 7.13. The molecule has 6 nitrogen and oxygen atoms in total. The Hall–Kier alpha value is -2.73. The van der Waals surface area contributed by atoms with Gasteiger partial charge in [-0.1, -0.05) is 35.0 Å². The van der Waals surface area contributed by atoms with Gasteiger partial charge in [0, 0.05) is 31.2 Å². The van der Waals surface area contributed by atoms with Crippen LogP contribution >= 0.6 is 0 Å². The number of rotatable bonds is 7. The van der Waals surface area contributed by atoms with Gasteiger partial charge < -0.3 is 9.42 Å². The second-order valence-electron chi connectivity index (χ2n) is 9.35. The SMILES string of the molecule is Cc1ccc([C@]23C[C@H]2CN(CCCCn2ccc(-c4c(C)noc4C)nc2=O)C3)cc1. The van der Waals surface area contributed by atoms with Crippen molar-refractivity contribution in [1.82, 2.24) is 19.6 Å². The van der Waals surface area contributed by atoms with Crippen LogP contribution in [0.15, 0.2) is 45.8 Å². The monoisotopic (exact) mass is 418 g/mol. The van der Waals surface area contributed by atoms with Crippen LogP contribution in [0.2, 0.25) is 0 Å². The third-order valence-corrected chi connectivity index (χ3v) is 7.13. The fraction of sp³-hybridized carbons (Fsp3) is 0.480. The Balaban J connectivity index is 1.13. The standard InChI is InChI=1S/C25H30N4O2/c1-17-6-8-20(9-7-17)25-14-21(25)15-28(16-25)11-4-5-12-29-13-10-22(26-24(29)30)23-18(2)27-31-19(23)3/h6-10,13,21H,4-5,11-12,14-16H2,1-3H3/t21-,25+/m0/s1. The first-order chi connectivity index (χ1) is 15.0. The van der Waals surface area contributed by atoms with Gasteiger partial charge in [0.05, 0.1) is 17.0 Å². The minimum absolute atomic E-state index is 0.210. The molecule has 31 heavy (non-hydrogen) atoms. The maximum Gasteiger partial charge on any atom is 0.348 e. The molecule has 0 amide bonds. The number of nitrogens with zero attached hydrogens (tertiary/aromatic N) is 4. The van der Waals surface area contributed by atoms with Gasteiger partial charge in [-0.05, 0) is 64.1 Å². The quantitative estimate of drug-likeness (QED) is 0.545. The van der Waals surface area contributed by atoms with Crippen LogP contribution in [0.1, 0.15) is 41.8 Å². The van der Waals surface area contributed by atoms with Crippen LogP contribution in [0.4, 0.5) is 0 Å². The van der Waals surface area contributed by atoms with Crippen molar-refractivity contribution in [2.75, 3.05) is 19.6 Å². The molecule has 2 aromatic heterocycles. The van der Waals surface area contributed by atoms with Crippen LogP contribution in [0.3, 0.4) is 0 Å². The van der Waals surface area contributed by atoms with E-state index in [4.69, 9.17) is 4.52 Å². The molecule has 3 heterocycles. The van der Waals surface area contributed by atoms with Crippen LogP contribution in [0, 0.1) is 26.7 Å². The van der Waals surface area contributed by atoms with Crippen LogP contribution in [0.5, 0.6) is 0 Å². The summed E-state index contributed by atoms with van der Waals surface area (Å²) in [5.74, 6) is 1.51. The van der Waals surface area contributed by atoms with Crippen molar-refractivity contribution in [2.45, 2.75) is 52.0 Å². The molecule has 162 valence electrons. The van der Waals surface area contributed by atoms with E-state index in [1.165, 1.54) is 30.6 Å². The lowest BCUT2D eigenvalue weighted by molar-refractivity contribution is 0.289. The van der Waals surface area contributed by atoms with Gasteiger partial charge in [-0.15, -0.1) is 0 Å². The second kappa shape index (κ2) is 7.75. The highest BCUT2D eigenvalue weighted by atomic mass is 16.5. The largest absolute Gasteiger partial charge is 0.361 e. The predicted molar refractivity (Wildman–Crippen MR) is 120 cm³/mol. The zero-order chi connectivity index (χ0) is 21.6. The number of aromatic nitrogens is 3. The Morgan fingerprint density at radius 3 is 2.58 bits per heavy atom. The number of hydrogen-bond donors (Lipinski definition) is 0. The molecule has 3 aromatic rings. The molecule has 1 saturated carbocycles. The van der Waals surface area contributed by atoms with E-state index in [-0.39, 0.29) is 5.69 Å². The molecule has 6 heteroatoms. The molecule has 1 saturated heterocycles. The molecule has 2 aliphatic rings. The Labute approximate surface area is 182 Å². The lowest BCUT2D eigenvalue weighted by Crippen LogP contribution is -2.28. The molecule has 0 N–H and O–H groups in total. The first-order valence-electron chi connectivity index (χ1n) is 11.3. The summed E-state index contributed by atoms with van der Waals surface area (Å²) in [7, 11) is 0. The molecule has 1 aromatic carbocycles. The molecular formula is C25H30N4O2. The van der Waals surface area contributed by atoms with Crippen LogP contribution in [0.25, 0.3) is 11.3 Å². The van der Waals surface area contributed by atoms with Crippen molar-refractivity contribution in [3.05, 3.63) is 69.6 Å². The molecule has 0 unspecified atom stereocenters. The Morgan fingerprint density at radius 1 is 1.10 bits per heavy atom. The fourth-order valence-electron chi connectivity index (χ4n) is 5.29. The van der Waals surface area contributed by atoms with E-state index in [0.29, 0.717) is 23.4 Å². The highest BCUT2D eigenvalue weighted by molar-refractivity contribution is 5.62. The smallest absolute Gasteiger partial charge is 0.348 e. The average Bonchev–Trinajstić information content (AvgIpc) is 3.15. The van der Waals surface area contributed by atoms with E-state index in [9.17, 15) is 4.79 Å². The van der Waals surface area contributed by atoms with E-state index in [0.717, 1.165) is 36.6 Å². The molecular weight excluding hydrogens is 388 g/mol. The van der Waals surface area contributed by atoms with Gasteiger partial charge in [0.1, 0.15) is 5.76 Å².